The number of nitrogens with zero attached hydrogens (tertiary/aromatic N) is 1. The van der Waals surface area contributed by atoms with Gasteiger partial charge in [-0.1, -0.05) is 13.8 Å². The molecule has 0 fully saturated rings. The summed E-state index contributed by atoms with van der Waals surface area (Å²) in [7, 11) is 3.49. The number of rotatable bonds is 9. The standard InChI is InChI=1S/C21H35N3O3.HI/c1-7-26-18(14(2)3)8-9-23-21(22-5)24-13-17-12-20-16(10-15(4)27-20)11-19(17)25-6;/h11-12,14-15,18H,7-10,13H2,1-6H3,(H2,22,23,24);1H. The third kappa shape index (κ3) is 6.99. The number of benzene rings is 1. The summed E-state index contributed by atoms with van der Waals surface area (Å²) < 4.78 is 17.2. The summed E-state index contributed by atoms with van der Waals surface area (Å²) >= 11 is 0. The monoisotopic (exact) mass is 505 g/mol. The summed E-state index contributed by atoms with van der Waals surface area (Å²) in [6.07, 6.45) is 2.36. The quantitative estimate of drug-likeness (QED) is 0.304. The molecule has 6 nitrogen and oxygen atoms in total. The normalized spacial score (nSPS) is 16.8. The van der Waals surface area contributed by atoms with Gasteiger partial charge in [0.1, 0.15) is 17.6 Å². The zero-order chi connectivity index (χ0) is 19.8. The van der Waals surface area contributed by atoms with Gasteiger partial charge in [0.25, 0.3) is 0 Å². The Morgan fingerprint density at radius 3 is 2.68 bits per heavy atom. The number of nitrogens with one attached hydrogen (secondary N) is 2. The van der Waals surface area contributed by atoms with E-state index < -0.39 is 0 Å². The van der Waals surface area contributed by atoms with Crippen LogP contribution in [0.5, 0.6) is 11.5 Å². The first-order chi connectivity index (χ1) is 13.0. The summed E-state index contributed by atoms with van der Waals surface area (Å²) in [6.45, 7) is 10.7. The second-order valence-electron chi connectivity index (χ2n) is 7.28. The zero-order valence-electron chi connectivity index (χ0n) is 18.0. The van der Waals surface area contributed by atoms with Gasteiger partial charge >= 0.3 is 0 Å². The van der Waals surface area contributed by atoms with Gasteiger partial charge in [-0.05, 0) is 38.3 Å². The van der Waals surface area contributed by atoms with Crippen LogP contribution in [-0.4, -0.2) is 45.5 Å². The summed E-state index contributed by atoms with van der Waals surface area (Å²) in [4.78, 5) is 4.31. The minimum atomic E-state index is 0. The van der Waals surface area contributed by atoms with Crippen LogP contribution >= 0.6 is 24.0 Å². The molecule has 2 N–H and O–H groups in total. The molecule has 0 spiro atoms. The Balaban J connectivity index is 0.00000392. The SMILES string of the molecule is CCOC(CCNC(=NC)NCc1cc2c(cc1OC)CC(C)O2)C(C)C.I. The molecular formula is C21H36IN3O3. The molecule has 28 heavy (non-hydrogen) atoms. The van der Waals surface area contributed by atoms with Crippen molar-refractivity contribution < 1.29 is 14.2 Å². The van der Waals surface area contributed by atoms with Crippen LogP contribution in [0.3, 0.4) is 0 Å². The lowest BCUT2D eigenvalue weighted by atomic mass is 10.0. The summed E-state index contributed by atoms with van der Waals surface area (Å²) in [6, 6.07) is 4.16. The van der Waals surface area contributed by atoms with Crippen molar-refractivity contribution >= 4 is 29.9 Å². The molecule has 0 aromatic heterocycles. The fourth-order valence-electron chi connectivity index (χ4n) is 3.37. The van der Waals surface area contributed by atoms with Crippen LogP contribution in [0.2, 0.25) is 0 Å². The van der Waals surface area contributed by atoms with Gasteiger partial charge in [-0.15, -0.1) is 24.0 Å². The highest BCUT2D eigenvalue weighted by Gasteiger charge is 2.21. The van der Waals surface area contributed by atoms with Crippen LogP contribution in [0.4, 0.5) is 0 Å². The summed E-state index contributed by atoms with van der Waals surface area (Å²) in [5.41, 5.74) is 2.27. The van der Waals surface area contributed by atoms with Crippen LogP contribution in [0.1, 0.15) is 45.2 Å². The fourth-order valence-corrected chi connectivity index (χ4v) is 3.37. The molecule has 7 heteroatoms. The van der Waals surface area contributed by atoms with E-state index in [4.69, 9.17) is 14.2 Å². The molecule has 0 amide bonds. The number of fused-ring (bicyclic) bond motifs is 1. The maximum absolute atomic E-state index is 5.87. The van der Waals surface area contributed by atoms with Gasteiger partial charge < -0.3 is 24.8 Å². The Labute approximate surface area is 186 Å². The highest BCUT2D eigenvalue weighted by atomic mass is 127. The van der Waals surface area contributed by atoms with Crippen molar-refractivity contribution in [2.45, 2.75) is 59.3 Å². The van der Waals surface area contributed by atoms with Gasteiger partial charge in [0.05, 0.1) is 13.2 Å². The highest BCUT2D eigenvalue weighted by Crippen LogP contribution is 2.34. The topological polar surface area (TPSA) is 64.1 Å². The third-order valence-electron chi connectivity index (χ3n) is 4.81. The number of hydrogen-bond acceptors (Lipinski definition) is 4. The average molecular weight is 505 g/mol. The van der Waals surface area contributed by atoms with Crippen LogP contribution in [0.15, 0.2) is 17.1 Å². The lowest BCUT2D eigenvalue weighted by Gasteiger charge is -2.21. The molecule has 1 aromatic rings. The van der Waals surface area contributed by atoms with Gasteiger partial charge in [0.2, 0.25) is 0 Å². The molecule has 1 aliphatic heterocycles. The number of halogens is 1. The molecule has 1 aromatic carbocycles. The Morgan fingerprint density at radius 1 is 1.32 bits per heavy atom. The first-order valence-electron chi connectivity index (χ1n) is 9.91. The Morgan fingerprint density at radius 2 is 2.07 bits per heavy atom. The van der Waals surface area contributed by atoms with Crippen molar-refractivity contribution in [2.75, 3.05) is 27.3 Å². The van der Waals surface area contributed by atoms with E-state index in [-0.39, 0.29) is 36.2 Å². The smallest absolute Gasteiger partial charge is 0.191 e. The Bertz CT molecular complexity index is 638. The highest BCUT2D eigenvalue weighted by molar-refractivity contribution is 14.0. The lowest BCUT2D eigenvalue weighted by molar-refractivity contribution is 0.0258. The van der Waals surface area contributed by atoms with Crippen LogP contribution in [-0.2, 0) is 17.7 Å². The van der Waals surface area contributed by atoms with Crippen LogP contribution in [0.25, 0.3) is 0 Å². The number of methoxy groups -OCH3 is 1. The Kier molecular flexibility index (Phi) is 11.0. The van der Waals surface area contributed by atoms with E-state index in [2.05, 4.69) is 48.5 Å². The van der Waals surface area contributed by atoms with Crippen molar-refractivity contribution in [3.63, 3.8) is 0 Å². The number of ether oxygens (including phenoxy) is 3. The zero-order valence-corrected chi connectivity index (χ0v) is 20.3. The lowest BCUT2D eigenvalue weighted by Crippen LogP contribution is -2.39. The van der Waals surface area contributed by atoms with Gasteiger partial charge in [-0.3, -0.25) is 4.99 Å². The minimum absolute atomic E-state index is 0. The second kappa shape index (κ2) is 12.4. The van der Waals surface area contributed by atoms with Crippen molar-refractivity contribution in [2.24, 2.45) is 10.9 Å². The summed E-state index contributed by atoms with van der Waals surface area (Å²) in [5, 5.41) is 6.73. The van der Waals surface area contributed by atoms with E-state index in [0.717, 1.165) is 49.0 Å². The number of hydrogen-bond donors (Lipinski definition) is 2. The molecule has 0 radical (unpaired) electrons. The molecule has 0 saturated heterocycles. The van der Waals surface area contributed by atoms with Gasteiger partial charge in [-0.2, -0.15) is 0 Å². The molecule has 1 heterocycles. The first-order valence-corrected chi connectivity index (χ1v) is 9.91. The molecule has 2 rings (SSSR count). The van der Waals surface area contributed by atoms with Crippen molar-refractivity contribution in [1.29, 1.82) is 0 Å². The van der Waals surface area contributed by atoms with E-state index in [9.17, 15) is 0 Å². The van der Waals surface area contributed by atoms with Crippen molar-refractivity contribution in [3.8, 4) is 11.5 Å². The van der Waals surface area contributed by atoms with Crippen molar-refractivity contribution in [3.05, 3.63) is 23.3 Å². The molecule has 0 bridgehead atoms. The summed E-state index contributed by atoms with van der Waals surface area (Å²) in [5.74, 6) is 3.11. The van der Waals surface area contributed by atoms with E-state index in [0.29, 0.717) is 12.5 Å². The van der Waals surface area contributed by atoms with E-state index in [1.807, 2.05) is 6.92 Å². The molecule has 0 aliphatic carbocycles. The largest absolute Gasteiger partial charge is 0.496 e. The van der Waals surface area contributed by atoms with Crippen LogP contribution < -0.4 is 20.1 Å². The molecule has 160 valence electrons. The third-order valence-corrected chi connectivity index (χ3v) is 4.81. The first kappa shape index (κ1) is 24.8. The van der Waals surface area contributed by atoms with E-state index in [1.165, 1.54) is 5.56 Å². The van der Waals surface area contributed by atoms with Crippen LogP contribution in [0, 0.1) is 5.92 Å². The molecule has 0 saturated carbocycles. The maximum Gasteiger partial charge on any atom is 0.191 e. The number of guanidine groups is 1. The Hall–Kier alpha value is -1.22. The fraction of sp³-hybridized carbons (Fsp3) is 0.667. The van der Waals surface area contributed by atoms with Gasteiger partial charge in [0.15, 0.2) is 5.96 Å². The van der Waals surface area contributed by atoms with E-state index in [1.54, 1.807) is 14.2 Å². The van der Waals surface area contributed by atoms with Gasteiger partial charge in [0, 0.05) is 44.3 Å². The average Bonchev–Trinajstić information content (AvgIpc) is 3.01. The molecule has 2 unspecified atom stereocenters. The maximum atomic E-state index is 5.87. The predicted octanol–water partition coefficient (Wildman–Crippen LogP) is 3.75. The molecular weight excluding hydrogens is 469 g/mol. The number of aliphatic imine (C=N–C) groups is 1. The minimum Gasteiger partial charge on any atom is -0.496 e. The van der Waals surface area contributed by atoms with Crippen molar-refractivity contribution in [1.82, 2.24) is 10.6 Å². The predicted molar refractivity (Wildman–Crippen MR) is 125 cm³/mol. The van der Waals surface area contributed by atoms with E-state index >= 15 is 0 Å². The second-order valence-corrected chi connectivity index (χ2v) is 7.28. The molecule has 2 atom stereocenters. The van der Waals surface area contributed by atoms with Gasteiger partial charge in [-0.25, -0.2) is 0 Å². The molecule has 1 aliphatic rings.